The third-order valence-electron chi connectivity index (χ3n) is 2.50. The zero-order chi connectivity index (χ0) is 13.8. The van der Waals surface area contributed by atoms with Crippen LogP contribution in [-0.4, -0.2) is 17.1 Å². The smallest absolute Gasteiger partial charge is 0.140 e. The van der Waals surface area contributed by atoms with Gasteiger partial charge in [-0.2, -0.15) is 0 Å². The number of nitrogens with two attached hydrogens (primary N) is 1. The number of anilines is 2. The van der Waals surface area contributed by atoms with E-state index in [2.05, 4.69) is 10.3 Å². The molecule has 3 N–H and O–H groups in total. The van der Waals surface area contributed by atoms with Crippen molar-refractivity contribution in [1.82, 2.24) is 4.98 Å². The highest BCUT2D eigenvalue weighted by Crippen LogP contribution is 2.29. The van der Waals surface area contributed by atoms with Gasteiger partial charge in [0.2, 0.25) is 0 Å². The molecule has 19 heavy (non-hydrogen) atoms. The fraction of sp³-hybridized carbons (Fsp3) is 0.0769. The molecule has 0 bridgehead atoms. The fourth-order valence-electron chi connectivity index (χ4n) is 1.56. The van der Waals surface area contributed by atoms with Crippen molar-refractivity contribution in [3.05, 3.63) is 47.1 Å². The molecule has 2 rings (SSSR count). The summed E-state index contributed by atoms with van der Waals surface area (Å²) in [5.41, 5.74) is 7.00. The van der Waals surface area contributed by atoms with Gasteiger partial charge < -0.3 is 15.8 Å². The van der Waals surface area contributed by atoms with Crippen molar-refractivity contribution >= 4 is 40.3 Å². The number of nitrogens with zero attached hydrogens (tertiary/aromatic N) is 1. The molecule has 0 amide bonds. The first-order valence-corrected chi connectivity index (χ1v) is 6.26. The predicted molar refractivity (Wildman–Crippen MR) is 81.4 cm³/mol. The third kappa shape index (κ3) is 3.13. The Labute approximate surface area is 121 Å². The minimum Gasteiger partial charge on any atom is -0.497 e. The fourth-order valence-corrected chi connectivity index (χ4v) is 1.89. The van der Waals surface area contributed by atoms with Gasteiger partial charge in [-0.25, -0.2) is 4.98 Å². The van der Waals surface area contributed by atoms with Crippen LogP contribution >= 0.6 is 23.8 Å². The second kappa shape index (κ2) is 5.86. The molecule has 98 valence electrons. The van der Waals surface area contributed by atoms with Crippen molar-refractivity contribution in [2.75, 3.05) is 12.4 Å². The maximum atomic E-state index is 6.13. The maximum Gasteiger partial charge on any atom is 0.140 e. The van der Waals surface area contributed by atoms with Gasteiger partial charge in [0, 0.05) is 12.3 Å². The molecular weight excluding hydrogens is 282 g/mol. The Bertz CT molecular complexity index is 619. The molecule has 0 atom stereocenters. The van der Waals surface area contributed by atoms with Gasteiger partial charge in [-0.05, 0) is 24.3 Å². The van der Waals surface area contributed by atoms with Gasteiger partial charge in [-0.1, -0.05) is 23.8 Å². The summed E-state index contributed by atoms with van der Waals surface area (Å²) in [4.78, 5) is 4.49. The van der Waals surface area contributed by atoms with Gasteiger partial charge in [0.05, 0.1) is 23.4 Å². The third-order valence-corrected chi connectivity index (χ3v) is 3.05. The van der Waals surface area contributed by atoms with Gasteiger partial charge in [0.1, 0.15) is 16.6 Å². The molecule has 0 saturated heterocycles. The maximum absolute atomic E-state index is 6.13. The van der Waals surface area contributed by atoms with E-state index < -0.39 is 0 Å². The van der Waals surface area contributed by atoms with E-state index in [4.69, 9.17) is 34.3 Å². The van der Waals surface area contributed by atoms with Crippen LogP contribution in [-0.2, 0) is 0 Å². The molecule has 1 aromatic carbocycles. The topological polar surface area (TPSA) is 60.2 Å². The van der Waals surface area contributed by atoms with Crippen LogP contribution in [0.2, 0.25) is 5.02 Å². The summed E-state index contributed by atoms with van der Waals surface area (Å²) in [6.07, 6.45) is 1.65. The van der Waals surface area contributed by atoms with E-state index >= 15 is 0 Å². The lowest BCUT2D eigenvalue weighted by Gasteiger charge is -2.12. The van der Waals surface area contributed by atoms with Crippen LogP contribution in [0, 0.1) is 0 Å². The lowest BCUT2D eigenvalue weighted by molar-refractivity contribution is 0.415. The highest BCUT2D eigenvalue weighted by Gasteiger charge is 2.09. The van der Waals surface area contributed by atoms with Crippen LogP contribution in [0.1, 0.15) is 5.56 Å². The van der Waals surface area contributed by atoms with Crippen molar-refractivity contribution in [3.8, 4) is 5.75 Å². The van der Waals surface area contributed by atoms with E-state index in [1.165, 1.54) is 0 Å². The normalized spacial score (nSPS) is 10.0. The first-order valence-electron chi connectivity index (χ1n) is 5.47. The second-order valence-electron chi connectivity index (χ2n) is 3.73. The number of benzene rings is 1. The van der Waals surface area contributed by atoms with E-state index in [1.54, 1.807) is 43.6 Å². The molecule has 0 aliphatic rings. The predicted octanol–water partition coefficient (Wildman–Crippen LogP) is 3.12. The Morgan fingerprint density at radius 3 is 2.89 bits per heavy atom. The summed E-state index contributed by atoms with van der Waals surface area (Å²) in [6.45, 7) is 0. The number of aromatic nitrogens is 1. The largest absolute Gasteiger partial charge is 0.497 e. The molecule has 6 heteroatoms. The lowest BCUT2D eigenvalue weighted by Crippen LogP contribution is -2.12. The van der Waals surface area contributed by atoms with Crippen LogP contribution in [0.25, 0.3) is 0 Å². The summed E-state index contributed by atoms with van der Waals surface area (Å²) in [7, 11) is 1.59. The summed E-state index contributed by atoms with van der Waals surface area (Å²) in [6, 6.07) is 8.87. The Kier molecular flexibility index (Phi) is 4.19. The molecule has 1 aromatic heterocycles. The second-order valence-corrected chi connectivity index (χ2v) is 4.58. The number of nitrogens with one attached hydrogen (secondary N) is 1. The van der Waals surface area contributed by atoms with E-state index in [9.17, 15) is 0 Å². The van der Waals surface area contributed by atoms with Crippen molar-refractivity contribution in [2.45, 2.75) is 0 Å². The Morgan fingerprint density at radius 2 is 2.21 bits per heavy atom. The minimum atomic E-state index is 0.273. The minimum absolute atomic E-state index is 0.273. The number of hydrogen-bond acceptors (Lipinski definition) is 4. The molecular formula is C13H12ClN3OS. The summed E-state index contributed by atoms with van der Waals surface area (Å²) in [5, 5.41) is 3.66. The van der Waals surface area contributed by atoms with Crippen LogP contribution < -0.4 is 15.8 Å². The summed E-state index contributed by atoms with van der Waals surface area (Å²) < 4.78 is 5.16. The van der Waals surface area contributed by atoms with Crippen LogP contribution in [0.15, 0.2) is 36.5 Å². The van der Waals surface area contributed by atoms with E-state index in [0.29, 0.717) is 27.8 Å². The standard InChI is InChI=1S/C13H12ClN3OS/c1-18-8-4-5-10(14)11(7-8)17-13-9(12(15)19)3-2-6-16-13/h2-7H,1H3,(H2,15,19)(H,16,17). The molecule has 2 aromatic rings. The van der Waals surface area contributed by atoms with Crippen LogP contribution in [0.5, 0.6) is 5.75 Å². The molecule has 0 saturated carbocycles. The van der Waals surface area contributed by atoms with Crippen molar-refractivity contribution in [1.29, 1.82) is 0 Å². The number of ether oxygens (including phenoxy) is 1. The van der Waals surface area contributed by atoms with Crippen molar-refractivity contribution in [3.63, 3.8) is 0 Å². The SMILES string of the molecule is COc1ccc(Cl)c(Nc2ncccc2C(N)=S)c1. The first-order chi connectivity index (χ1) is 9.11. The zero-order valence-corrected chi connectivity index (χ0v) is 11.8. The molecule has 0 unspecified atom stereocenters. The highest BCUT2D eigenvalue weighted by molar-refractivity contribution is 7.80. The van der Waals surface area contributed by atoms with Gasteiger partial charge >= 0.3 is 0 Å². The monoisotopic (exact) mass is 293 g/mol. The summed E-state index contributed by atoms with van der Waals surface area (Å²) in [5.74, 6) is 1.25. The molecule has 0 fully saturated rings. The lowest BCUT2D eigenvalue weighted by atomic mass is 10.2. The first kappa shape index (κ1) is 13.6. The van der Waals surface area contributed by atoms with E-state index in [-0.39, 0.29) is 4.99 Å². The quantitative estimate of drug-likeness (QED) is 0.848. The molecule has 0 aliphatic heterocycles. The van der Waals surface area contributed by atoms with Gasteiger partial charge in [0.15, 0.2) is 0 Å². The molecule has 1 heterocycles. The Balaban J connectivity index is 2.38. The molecule has 4 nitrogen and oxygen atoms in total. The van der Waals surface area contributed by atoms with Gasteiger partial charge in [-0.3, -0.25) is 0 Å². The number of rotatable bonds is 4. The van der Waals surface area contributed by atoms with E-state index in [0.717, 1.165) is 0 Å². The number of methoxy groups -OCH3 is 1. The Morgan fingerprint density at radius 1 is 1.42 bits per heavy atom. The van der Waals surface area contributed by atoms with Crippen LogP contribution in [0.4, 0.5) is 11.5 Å². The molecule has 0 aliphatic carbocycles. The van der Waals surface area contributed by atoms with Crippen molar-refractivity contribution in [2.24, 2.45) is 5.73 Å². The van der Waals surface area contributed by atoms with Crippen molar-refractivity contribution < 1.29 is 4.74 Å². The Hall–Kier alpha value is -1.85. The molecule has 0 radical (unpaired) electrons. The van der Waals surface area contributed by atoms with Crippen LogP contribution in [0.3, 0.4) is 0 Å². The van der Waals surface area contributed by atoms with E-state index in [1.807, 2.05) is 0 Å². The number of hydrogen-bond donors (Lipinski definition) is 2. The summed E-state index contributed by atoms with van der Waals surface area (Å²) >= 11 is 11.1. The number of thiocarbonyl (C=S) groups is 1. The number of pyridine rings is 1. The molecule has 0 spiro atoms. The van der Waals surface area contributed by atoms with Gasteiger partial charge in [0.25, 0.3) is 0 Å². The average molecular weight is 294 g/mol. The average Bonchev–Trinajstić information content (AvgIpc) is 2.41. The van der Waals surface area contributed by atoms with Gasteiger partial charge in [-0.15, -0.1) is 0 Å². The number of halogens is 1. The highest BCUT2D eigenvalue weighted by atomic mass is 35.5. The zero-order valence-electron chi connectivity index (χ0n) is 10.2.